The summed E-state index contributed by atoms with van der Waals surface area (Å²) in [6, 6.07) is 13.2. The average molecular weight is 371 g/mol. The minimum atomic E-state index is -3.69. The first-order chi connectivity index (χ1) is 12.5. The number of para-hydroxylation sites is 1. The Morgan fingerprint density at radius 3 is 2.77 bits per heavy atom. The normalized spacial score (nSPS) is 15.5. The van der Waals surface area contributed by atoms with Gasteiger partial charge in [-0.05, 0) is 43.2 Å². The Kier molecular flexibility index (Phi) is 5.68. The number of rotatable bonds is 4. The first-order valence-corrected chi connectivity index (χ1v) is 10.0. The second kappa shape index (κ2) is 8.14. The van der Waals surface area contributed by atoms with Crippen LogP contribution in [0.15, 0.2) is 63.4 Å². The maximum Gasteiger partial charge on any atom is 0.262 e. The van der Waals surface area contributed by atoms with Crippen molar-refractivity contribution in [3.8, 4) is 5.75 Å². The van der Waals surface area contributed by atoms with Crippen LogP contribution in [0, 0.1) is 0 Å². The second-order valence-electron chi connectivity index (χ2n) is 6.06. The smallest absolute Gasteiger partial charge is 0.262 e. The molecule has 3 rings (SSSR count). The van der Waals surface area contributed by atoms with Gasteiger partial charge in [0.2, 0.25) is 0 Å². The zero-order valence-corrected chi connectivity index (χ0v) is 15.1. The summed E-state index contributed by atoms with van der Waals surface area (Å²) >= 11 is 0. The van der Waals surface area contributed by atoms with Crippen LogP contribution >= 0.6 is 0 Å². The molecule has 6 nitrogen and oxygen atoms in total. The van der Waals surface area contributed by atoms with Crippen LogP contribution < -0.4 is 4.72 Å². The Morgan fingerprint density at radius 2 is 1.92 bits per heavy atom. The molecular formula is C19H21N3O3S. The predicted octanol–water partition coefficient (Wildman–Crippen LogP) is 3.39. The van der Waals surface area contributed by atoms with Crippen molar-refractivity contribution < 1.29 is 13.5 Å². The summed E-state index contributed by atoms with van der Waals surface area (Å²) in [5, 5.41) is 9.77. The van der Waals surface area contributed by atoms with E-state index in [9.17, 15) is 13.5 Å². The highest BCUT2D eigenvalue weighted by atomic mass is 32.2. The van der Waals surface area contributed by atoms with Gasteiger partial charge in [0.05, 0.1) is 10.6 Å². The van der Waals surface area contributed by atoms with Crippen LogP contribution in [0.3, 0.4) is 0 Å². The van der Waals surface area contributed by atoms with Gasteiger partial charge in [-0.2, -0.15) is 0 Å². The Hall–Kier alpha value is -2.67. The third kappa shape index (κ3) is 4.70. The highest BCUT2D eigenvalue weighted by Gasteiger charge is 2.17. The van der Waals surface area contributed by atoms with Gasteiger partial charge < -0.3 is 5.11 Å². The monoisotopic (exact) mass is 371 g/mol. The van der Waals surface area contributed by atoms with Crippen LogP contribution in [0.25, 0.3) is 0 Å². The molecule has 0 bridgehead atoms. The van der Waals surface area contributed by atoms with Crippen LogP contribution in [-0.2, 0) is 10.0 Å². The molecule has 0 fully saturated rings. The number of hydrogen-bond donors (Lipinski definition) is 2. The molecule has 0 aliphatic carbocycles. The lowest BCUT2D eigenvalue weighted by Gasteiger charge is -2.10. The summed E-state index contributed by atoms with van der Waals surface area (Å²) in [5.74, 6) is 0.638. The van der Waals surface area contributed by atoms with Crippen LogP contribution in [0.5, 0.6) is 5.75 Å². The summed E-state index contributed by atoms with van der Waals surface area (Å²) < 4.78 is 27.8. The Balaban J connectivity index is 1.80. The number of aromatic hydroxyl groups is 1. The highest BCUT2D eigenvalue weighted by Crippen LogP contribution is 2.20. The van der Waals surface area contributed by atoms with E-state index in [0.29, 0.717) is 30.1 Å². The summed E-state index contributed by atoms with van der Waals surface area (Å²) in [4.78, 5) is 8.71. The fourth-order valence-electron chi connectivity index (χ4n) is 2.64. The van der Waals surface area contributed by atoms with Crippen LogP contribution in [0.4, 0.5) is 5.69 Å². The molecule has 1 aliphatic rings. The second-order valence-corrected chi connectivity index (χ2v) is 7.74. The largest absolute Gasteiger partial charge is 0.507 e. The molecule has 0 saturated carbocycles. The molecule has 2 N–H and O–H groups in total. The fraction of sp³-hybridized carbons (Fsp3) is 0.263. The zero-order chi connectivity index (χ0) is 18.4. The Bertz CT molecular complexity index is 937. The van der Waals surface area contributed by atoms with Crippen molar-refractivity contribution in [2.45, 2.75) is 30.6 Å². The summed E-state index contributed by atoms with van der Waals surface area (Å²) in [6.45, 7) is 0.656. The van der Waals surface area contributed by atoms with E-state index < -0.39 is 10.0 Å². The lowest BCUT2D eigenvalue weighted by atomic mass is 10.2. The molecule has 0 atom stereocenters. The molecule has 0 aromatic heterocycles. The molecule has 7 heteroatoms. The average Bonchev–Trinajstić information content (AvgIpc) is 2.89. The van der Waals surface area contributed by atoms with Gasteiger partial charge in [-0.25, -0.2) is 8.42 Å². The van der Waals surface area contributed by atoms with E-state index in [2.05, 4.69) is 14.7 Å². The van der Waals surface area contributed by atoms with Crippen molar-refractivity contribution >= 4 is 27.8 Å². The maximum absolute atomic E-state index is 12.6. The van der Waals surface area contributed by atoms with Gasteiger partial charge in [0.15, 0.2) is 0 Å². The van der Waals surface area contributed by atoms with Crippen molar-refractivity contribution in [2.24, 2.45) is 9.98 Å². The number of benzene rings is 2. The summed E-state index contributed by atoms with van der Waals surface area (Å²) in [5.41, 5.74) is 1.05. The quantitative estimate of drug-likeness (QED) is 0.807. The van der Waals surface area contributed by atoms with E-state index in [0.717, 1.165) is 19.3 Å². The molecule has 136 valence electrons. The van der Waals surface area contributed by atoms with E-state index in [4.69, 9.17) is 0 Å². The molecule has 0 saturated heterocycles. The van der Waals surface area contributed by atoms with E-state index in [1.807, 2.05) is 0 Å². The molecule has 0 radical (unpaired) electrons. The highest BCUT2D eigenvalue weighted by molar-refractivity contribution is 7.90. The van der Waals surface area contributed by atoms with Gasteiger partial charge in [0.1, 0.15) is 11.6 Å². The van der Waals surface area contributed by atoms with Crippen LogP contribution in [0.1, 0.15) is 31.2 Å². The molecule has 2 aromatic carbocycles. The number of amidine groups is 1. The van der Waals surface area contributed by atoms with Crippen LogP contribution in [-0.4, -0.2) is 32.1 Å². The molecule has 26 heavy (non-hydrogen) atoms. The Labute approximate surface area is 153 Å². The van der Waals surface area contributed by atoms with Crippen LogP contribution in [0.2, 0.25) is 0 Å². The third-order valence-corrected chi connectivity index (χ3v) is 5.42. The maximum atomic E-state index is 12.6. The minimum Gasteiger partial charge on any atom is -0.507 e. The minimum absolute atomic E-state index is 0.119. The first kappa shape index (κ1) is 18.1. The van der Waals surface area contributed by atoms with Crippen molar-refractivity contribution in [3.63, 3.8) is 0 Å². The topological polar surface area (TPSA) is 91.1 Å². The van der Waals surface area contributed by atoms with E-state index in [1.165, 1.54) is 18.3 Å². The number of hydrogen-bond acceptors (Lipinski definition) is 5. The molecule has 1 aliphatic heterocycles. The van der Waals surface area contributed by atoms with Gasteiger partial charge in [-0.15, -0.1) is 0 Å². The van der Waals surface area contributed by atoms with Gasteiger partial charge in [-0.3, -0.25) is 14.7 Å². The van der Waals surface area contributed by atoms with Gasteiger partial charge in [0.25, 0.3) is 10.0 Å². The van der Waals surface area contributed by atoms with Crippen molar-refractivity contribution in [2.75, 3.05) is 6.54 Å². The lowest BCUT2D eigenvalue weighted by molar-refractivity contribution is 0.474. The Morgan fingerprint density at radius 1 is 1.08 bits per heavy atom. The number of phenolic OH excluding ortho intramolecular Hbond substituents is 1. The number of sulfonamides is 1. The number of phenols is 1. The predicted molar refractivity (Wildman–Crippen MR) is 103 cm³/mol. The number of nitrogens with zero attached hydrogens (tertiary/aromatic N) is 2. The molecule has 2 aromatic rings. The molecule has 0 unspecified atom stereocenters. The van der Waals surface area contributed by atoms with Crippen molar-refractivity contribution in [1.29, 1.82) is 0 Å². The standard InChI is InChI=1S/C19H21N3O3S/c23-18-10-4-3-7-15(18)14-21-16-8-6-9-17(13-16)26(24,25)22-19-11-2-1-5-12-20-19/h3-4,6-10,13-14,23H,1-2,5,11-12H2,(H,20,22). The zero-order valence-electron chi connectivity index (χ0n) is 14.3. The van der Waals surface area contributed by atoms with E-state index >= 15 is 0 Å². The van der Waals surface area contributed by atoms with E-state index in [-0.39, 0.29) is 10.6 Å². The van der Waals surface area contributed by atoms with Gasteiger partial charge >= 0.3 is 0 Å². The number of aliphatic imine (C=N–C) groups is 2. The SMILES string of the molecule is O=S(=O)(NC1=NCCCCC1)c1cccc(N=Cc2ccccc2O)c1. The summed E-state index contributed by atoms with van der Waals surface area (Å²) in [6.07, 6.45) is 5.13. The molecule has 1 heterocycles. The molecule has 0 amide bonds. The van der Waals surface area contributed by atoms with Crippen molar-refractivity contribution in [3.05, 3.63) is 54.1 Å². The third-order valence-electron chi connectivity index (χ3n) is 4.04. The number of nitrogens with one attached hydrogen (secondary N) is 1. The fourth-order valence-corrected chi connectivity index (χ4v) is 3.77. The first-order valence-electron chi connectivity index (χ1n) is 8.53. The van der Waals surface area contributed by atoms with Crippen molar-refractivity contribution in [1.82, 2.24) is 4.72 Å². The van der Waals surface area contributed by atoms with Gasteiger partial charge in [0, 0.05) is 24.7 Å². The van der Waals surface area contributed by atoms with Gasteiger partial charge in [-0.1, -0.05) is 24.6 Å². The summed E-state index contributed by atoms with van der Waals surface area (Å²) in [7, 11) is -3.69. The molecule has 0 spiro atoms. The van der Waals surface area contributed by atoms with E-state index in [1.54, 1.807) is 36.4 Å². The molecular weight excluding hydrogens is 350 g/mol. The lowest BCUT2D eigenvalue weighted by Crippen LogP contribution is -2.30.